The maximum atomic E-state index is 5.77. The van der Waals surface area contributed by atoms with Gasteiger partial charge >= 0.3 is 0 Å². The molecule has 2 nitrogen and oxygen atoms in total. The van der Waals surface area contributed by atoms with Crippen molar-refractivity contribution in [3.63, 3.8) is 0 Å². The third-order valence-electron chi connectivity index (χ3n) is 4.39. The standard InChI is InChI=1S/C15H29NO/c1-3-12(4-2)11-17-10-9-16-15(13-5-6-13)14-7-8-14/h12-16H,3-11H2,1-2H3. The fourth-order valence-corrected chi connectivity index (χ4v) is 2.70. The zero-order valence-electron chi connectivity index (χ0n) is 11.6. The number of hydrogen-bond donors (Lipinski definition) is 1. The monoisotopic (exact) mass is 239 g/mol. The third kappa shape index (κ3) is 4.59. The first-order valence-corrected chi connectivity index (χ1v) is 7.66. The number of nitrogens with one attached hydrogen (secondary N) is 1. The van der Waals surface area contributed by atoms with E-state index in [4.69, 9.17) is 4.74 Å². The molecule has 1 N–H and O–H groups in total. The molecule has 2 saturated carbocycles. The van der Waals surface area contributed by atoms with Gasteiger partial charge in [0.25, 0.3) is 0 Å². The highest BCUT2D eigenvalue weighted by Gasteiger charge is 2.40. The lowest BCUT2D eigenvalue weighted by Crippen LogP contribution is -2.35. The molecule has 2 rings (SSSR count). The topological polar surface area (TPSA) is 21.3 Å². The van der Waals surface area contributed by atoms with Gasteiger partial charge in [-0.1, -0.05) is 26.7 Å². The third-order valence-corrected chi connectivity index (χ3v) is 4.39. The van der Waals surface area contributed by atoms with Crippen molar-refractivity contribution >= 4 is 0 Å². The molecule has 0 heterocycles. The van der Waals surface area contributed by atoms with Gasteiger partial charge in [0.2, 0.25) is 0 Å². The summed E-state index contributed by atoms with van der Waals surface area (Å²) >= 11 is 0. The van der Waals surface area contributed by atoms with Crippen molar-refractivity contribution in [2.75, 3.05) is 19.8 Å². The minimum Gasteiger partial charge on any atom is -0.380 e. The van der Waals surface area contributed by atoms with E-state index in [1.807, 2.05) is 0 Å². The highest BCUT2D eigenvalue weighted by Crippen LogP contribution is 2.44. The zero-order chi connectivity index (χ0) is 12.1. The summed E-state index contributed by atoms with van der Waals surface area (Å²) in [5.74, 6) is 2.76. The molecule has 0 amide bonds. The van der Waals surface area contributed by atoms with Crippen LogP contribution in [0.25, 0.3) is 0 Å². The van der Waals surface area contributed by atoms with Gasteiger partial charge in [0.1, 0.15) is 0 Å². The van der Waals surface area contributed by atoms with Crippen LogP contribution >= 0.6 is 0 Å². The maximum Gasteiger partial charge on any atom is 0.0591 e. The molecule has 0 aliphatic heterocycles. The quantitative estimate of drug-likeness (QED) is 0.591. The Balaban J connectivity index is 1.50. The van der Waals surface area contributed by atoms with Crippen LogP contribution in [0.3, 0.4) is 0 Å². The lowest BCUT2D eigenvalue weighted by atomic mass is 10.1. The minimum absolute atomic E-state index is 0.762. The van der Waals surface area contributed by atoms with E-state index >= 15 is 0 Å². The first-order valence-electron chi connectivity index (χ1n) is 7.66. The van der Waals surface area contributed by atoms with Gasteiger partial charge in [0, 0.05) is 19.2 Å². The number of rotatable bonds is 10. The molecule has 0 spiro atoms. The van der Waals surface area contributed by atoms with E-state index < -0.39 is 0 Å². The van der Waals surface area contributed by atoms with Gasteiger partial charge in [-0.25, -0.2) is 0 Å². The molecule has 17 heavy (non-hydrogen) atoms. The second-order valence-corrected chi connectivity index (χ2v) is 5.91. The molecule has 2 aliphatic carbocycles. The molecule has 0 atom stereocenters. The van der Waals surface area contributed by atoms with E-state index in [-0.39, 0.29) is 0 Å². The number of ether oxygens (including phenoxy) is 1. The summed E-state index contributed by atoms with van der Waals surface area (Å²) in [6.07, 6.45) is 8.34. The van der Waals surface area contributed by atoms with Crippen molar-refractivity contribution in [1.29, 1.82) is 0 Å². The van der Waals surface area contributed by atoms with Crippen LogP contribution in [0.15, 0.2) is 0 Å². The van der Waals surface area contributed by atoms with Crippen molar-refractivity contribution in [1.82, 2.24) is 5.32 Å². The Hall–Kier alpha value is -0.0800. The van der Waals surface area contributed by atoms with Gasteiger partial charge in [-0.2, -0.15) is 0 Å². The van der Waals surface area contributed by atoms with Crippen LogP contribution < -0.4 is 5.32 Å². The molecular weight excluding hydrogens is 210 g/mol. The average molecular weight is 239 g/mol. The van der Waals surface area contributed by atoms with Crippen molar-refractivity contribution in [3.05, 3.63) is 0 Å². The van der Waals surface area contributed by atoms with Crippen LogP contribution in [0.5, 0.6) is 0 Å². The van der Waals surface area contributed by atoms with Crippen molar-refractivity contribution in [2.45, 2.75) is 58.4 Å². The molecule has 0 bridgehead atoms. The Kier molecular flexibility index (Phi) is 5.30. The second kappa shape index (κ2) is 6.75. The molecule has 2 fully saturated rings. The summed E-state index contributed by atoms with van der Waals surface area (Å²) in [7, 11) is 0. The normalized spacial score (nSPS) is 20.5. The van der Waals surface area contributed by atoms with Gasteiger partial charge in [-0.05, 0) is 43.4 Å². The van der Waals surface area contributed by atoms with Crippen molar-refractivity contribution < 1.29 is 4.74 Å². The molecule has 0 aromatic rings. The van der Waals surface area contributed by atoms with E-state index in [0.29, 0.717) is 0 Å². The van der Waals surface area contributed by atoms with Gasteiger partial charge in [0.05, 0.1) is 6.61 Å². The van der Waals surface area contributed by atoms with Crippen LogP contribution in [0.2, 0.25) is 0 Å². The highest BCUT2D eigenvalue weighted by atomic mass is 16.5. The van der Waals surface area contributed by atoms with Crippen molar-refractivity contribution in [3.8, 4) is 0 Å². The predicted octanol–water partition coefficient (Wildman–Crippen LogP) is 3.22. The Morgan fingerprint density at radius 2 is 1.65 bits per heavy atom. The maximum absolute atomic E-state index is 5.77. The predicted molar refractivity (Wildman–Crippen MR) is 72.1 cm³/mol. The molecule has 2 aliphatic rings. The van der Waals surface area contributed by atoms with Crippen LogP contribution in [0.4, 0.5) is 0 Å². The van der Waals surface area contributed by atoms with Crippen molar-refractivity contribution in [2.24, 2.45) is 17.8 Å². The largest absolute Gasteiger partial charge is 0.380 e. The van der Waals surface area contributed by atoms with E-state index in [2.05, 4.69) is 19.2 Å². The first-order chi connectivity index (χ1) is 8.35. The molecule has 2 heteroatoms. The molecule has 0 saturated heterocycles. The molecular formula is C15H29NO. The average Bonchev–Trinajstić information content (AvgIpc) is 3.20. The van der Waals surface area contributed by atoms with Crippen LogP contribution in [-0.4, -0.2) is 25.8 Å². The Morgan fingerprint density at radius 1 is 1.06 bits per heavy atom. The van der Waals surface area contributed by atoms with E-state index in [1.165, 1.54) is 38.5 Å². The summed E-state index contributed by atoms with van der Waals surface area (Å²) in [4.78, 5) is 0. The van der Waals surface area contributed by atoms with Crippen LogP contribution in [0.1, 0.15) is 52.4 Å². The fraction of sp³-hybridized carbons (Fsp3) is 1.00. The van der Waals surface area contributed by atoms with Crippen LogP contribution in [-0.2, 0) is 4.74 Å². The van der Waals surface area contributed by atoms with E-state index in [1.54, 1.807) is 0 Å². The smallest absolute Gasteiger partial charge is 0.0591 e. The van der Waals surface area contributed by atoms with Crippen LogP contribution in [0, 0.1) is 17.8 Å². The Labute approximate surface area is 107 Å². The highest BCUT2D eigenvalue weighted by molar-refractivity contribution is 4.96. The summed E-state index contributed by atoms with van der Waals surface area (Å²) < 4.78 is 5.77. The van der Waals surface area contributed by atoms with Gasteiger partial charge < -0.3 is 10.1 Å². The summed E-state index contributed by atoms with van der Waals surface area (Å²) in [6, 6.07) is 0.826. The first kappa shape index (κ1) is 13.4. The van der Waals surface area contributed by atoms with E-state index in [0.717, 1.165) is 43.6 Å². The SMILES string of the molecule is CCC(CC)COCCNC(C1CC1)C1CC1. The molecule has 100 valence electrons. The molecule has 0 aromatic heterocycles. The van der Waals surface area contributed by atoms with Gasteiger partial charge in [-0.3, -0.25) is 0 Å². The van der Waals surface area contributed by atoms with E-state index in [9.17, 15) is 0 Å². The molecule has 0 radical (unpaired) electrons. The fourth-order valence-electron chi connectivity index (χ4n) is 2.70. The summed E-state index contributed by atoms with van der Waals surface area (Å²) in [5.41, 5.74) is 0. The summed E-state index contributed by atoms with van der Waals surface area (Å²) in [5, 5.41) is 3.73. The van der Waals surface area contributed by atoms with Gasteiger partial charge in [0.15, 0.2) is 0 Å². The Morgan fingerprint density at radius 3 is 2.12 bits per heavy atom. The van der Waals surface area contributed by atoms with Gasteiger partial charge in [-0.15, -0.1) is 0 Å². The lowest BCUT2D eigenvalue weighted by molar-refractivity contribution is 0.0956. The number of hydrogen-bond acceptors (Lipinski definition) is 2. The minimum atomic E-state index is 0.762. The lowest BCUT2D eigenvalue weighted by Gasteiger charge is -2.18. The Bertz CT molecular complexity index is 195. The second-order valence-electron chi connectivity index (χ2n) is 5.91. The molecule has 0 aromatic carbocycles. The molecule has 0 unspecified atom stereocenters. The summed E-state index contributed by atoms with van der Waals surface area (Å²) in [6.45, 7) is 7.41. The zero-order valence-corrected chi connectivity index (χ0v) is 11.6.